The summed E-state index contributed by atoms with van der Waals surface area (Å²) in [5.74, 6) is 0. The van der Waals surface area contributed by atoms with Crippen molar-refractivity contribution in [1.82, 2.24) is 9.88 Å². The predicted octanol–water partition coefficient (Wildman–Crippen LogP) is 3.18. The lowest BCUT2D eigenvalue weighted by molar-refractivity contribution is 0.574. The number of nitrogens with zero attached hydrogens (tertiary/aromatic N) is 1. The summed E-state index contributed by atoms with van der Waals surface area (Å²) in [5.41, 5.74) is 3.97. The molecule has 2 nitrogen and oxygen atoms in total. The molecule has 0 aliphatic carbocycles. The minimum atomic E-state index is 0.385. The zero-order valence-electron chi connectivity index (χ0n) is 10.8. The third-order valence-corrected chi connectivity index (χ3v) is 3.08. The number of nitrogens with one attached hydrogen (secondary N) is 1. The number of aryl methyl sites for hydroxylation is 2. The van der Waals surface area contributed by atoms with Crippen molar-refractivity contribution in [3.05, 3.63) is 59.4 Å². The van der Waals surface area contributed by atoms with E-state index in [-0.39, 0.29) is 0 Å². The Balaban J connectivity index is 1.93. The van der Waals surface area contributed by atoms with Crippen LogP contribution in [-0.4, -0.2) is 4.57 Å². The van der Waals surface area contributed by atoms with E-state index in [1.165, 1.54) is 16.7 Å². The zero-order valence-corrected chi connectivity index (χ0v) is 10.8. The standard InChI is InChI=1S/C15H20N2/c1-12-4-6-15(7-5-12)13(2)16-10-14-8-9-17(3)11-14/h4-9,11,13,16H,10H2,1-3H3/t13-/m0/s1. The van der Waals surface area contributed by atoms with E-state index in [0.717, 1.165) is 6.54 Å². The summed E-state index contributed by atoms with van der Waals surface area (Å²) in [4.78, 5) is 0. The maximum absolute atomic E-state index is 3.53. The smallest absolute Gasteiger partial charge is 0.0294 e. The molecule has 1 aromatic carbocycles. The van der Waals surface area contributed by atoms with Gasteiger partial charge in [-0.1, -0.05) is 29.8 Å². The van der Waals surface area contributed by atoms with Crippen molar-refractivity contribution in [3.8, 4) is 0 Å². The highest BCUT2D eigenvalue weighted by molar-refractivity contribution is 5.23. The highest BCUT2D eigenvalue weighted by atomic mass is 14.9. The Morgan fingerprint density at radius 2 is 1.88 bits per heavy atom. The first-order valence-corrected chi connectivity index (χ1v) is 6.06. The van der Waals surface area contributed by atoms with Crippen molar-refractivity contribution < 1.29 is 0 Å². The first-order valence-electron chi connectivity index (χ1n) is 6.06. The quantitative estimate of drug-likeness (QED) is 0.850. The summed E-state index contributed by atoms with van der Waals surface area (Å²) in [6.45, 7) is 5.23. The van der Waals surface area contributed by atoms with E-state index in [1.807, 2.05) is 7.05 Å². The van der Waals surface area contributed by atoms with Crippen LogP contribution in [0, 0.1) is 6.92 Å². The van der Waals surface area contributed by atoms with E-state index in [9.17, 15) is 0 Å². The second-order valence-electron chi connectivity index (χ2n) is 4.70. The average Bonchev–Trinajstić information content (AvgIpc) is 2.73. The molecule has 0 bridgehead atoms. The van der Waals surface area contributed by atoms with Crippen molar-refractivity contribution in [1.29, 1.82) is 0 Å². The summed E-state index contributed by atoms with van der Waals surface area (Å²) in [7, 11) is 2.05. The molecular formula is C15H20N2. The highest BCUT2D eigenvalue weighted by Crippen LogP contribution is 2.13. The van der Waals surface area contributed by atoms with Crippen LogP contribution in [0.25, 0.3) is 0 Å². The first-order chi connectivity index (χ1) is 8.15. The van der Waals surface area contributed by atoms with Gasteiger partial charge in [-0.15, -0.1) is 0 Å². The van der Waals surface area contributed by atoms with Crippen LogP contribution in [-0.2, 0) is 13.6 Å². The fourth-order valence-corrected chi connectivity index (χ4v) is 1.91. The molecule has 0 amide bonds. The molecule has 0 radical (unpaired) electrons. The minimum Gasteiger partial charge on any atom is -0.357 e. The van der Waals surface area contributed by atoms with E-state index < -0.39 is 0 Å². The average molecular weight is 228 g/mol. The summed E-state index contributed by atoms with van der Waals surface area (Å²) in [6.07, 6.45) is 4.22. The maximum Gasteiger partial charge on any atom is 0.0294 e. The lowest BCUT2D eigenvalue weighted by atomic mass is 10.1. The molecule has 0 unspecified atom stereocenters. The van der Waals surface area contributed by atoms with E-state index in [1.54, 1.807) is 0 Å². The second-order valence-corrected chi connectivity index (χ2v) is 4.70. The maximum atomic E-state index is 3.53. The molecule has 1 N–H and O–H groups in total. The largest absolute Gasteiger partial charge is 0.357 e. The molecule has 1 aromatic heterocycles. The van der Waals surface area contributed by atoms with Gasteiger partial charge in [0.15, 0.2) is 0 Å². The molecule has 2 heteroatoms. The number of aromatic nitrogens is 1. The number of benzene rings is 1. The molecule has 1 atom stereocenters. The van der Waals surface area contributed by atoms with Gasteiger partial charge < -0.3 is 9.88 Å². The van der Waals surface area contributed by atoms with Crippen LogP contribution in [0.5, 0.6) is 0 Å². The van der Waals surface area contributed by atoms with Gasteiger partial charge in [-0.05, 0) is 31.0 Å². The van der Waals surface area contributed by atoms with Crippen molar-refractivity contribution in [3.63, 3.8) is 0 Å². The molecule has 0 aliphatic rings. The van der Waals surface area contributed by atoms with Gasteiger partial charge in [-0.25, -0.2) is 0 Å². The topological polar surface area (TPSA) is 17.0 Å². The molecule has 17 heavy (non-hydrogen) atoms. The molecule has 0 spiro atoms. The Labute approximate surface area is 103 Å². The summed E-state index contributed by atoms with van der Waals surface area (Å²) < 4.78 is 2.08. The van der Waals surface area contributed by atoms with Crippen LogP contribution >= 0.6 is 0 Å². The van der Waals surface area contributed by atoms with Crippen LogP contribution in [0.15, 0.2) is 42.7 Å². The van der Waals surface area contributed by atoms with E-state index in [0.29, 0.717) is 6.04 Å². The summed E-state index contributed by atoms with van der Waals surface area (Å²) in [6, 6.07) is 11.2. The van der Waals surface area contributed by atoms with E-state index >= 15 is 0 Å². The van der Waals surface area contributed by atoms with Crippen LogP contribution in [0.4, 0.5) is 0 Å². The molecule has 0 aliphatic heterocycles. The lowest BCUT2D eigenvalue weighted by Gasteiger charge is -2.13. The Morgan fingerprint density at radius 3 is 2.47 bits per heavy atom. The Kier molecular flexibility index (Phi) is 3.64. The van der Waals surface area contributed by atoms with Crippen molar-refractivity contribution >= 4 is 0 Å². The monoisotopic (exact) mass is 228 g/mol. The van der Waals surface area contributed by atoms with Crippen LogP contribution in [0.2, 0.25) is 0 Å². The van der Waals surface area contributed by atoms with Crippen LogP contribution < -0.4 is 5.32 Å². The van der Waals surface area contributed by atoms with E-state index in [4.69, 9.17) is 0 Å². The lowest BCUT2D eigenvalue weighted by Crippen LogP contribution is -2.17. The highest BCUT2D eigenvalue weighted by Gasteiger charge is 2.04. The molecule has 0 saturated heterocycles. The van der Waals surface area contributed by atoms with Crippen molar-refractivity contribution in [2.24, 2.45) is 7.05 Å². The third kappa shape index (κ3) is 3.21. The number of hydrogen-bond acceptors (Lipinski definition) is 1. The van der Waals surface area contributed by atoms with Gasteiger partial charge >= 0.3 is 0 Å². The molecular weight excluding hydrogens is 208 g/mol. The van der Waals surface area contributed by atoms with Gasteiger partial charge in [0.25, 0.3) is 0 Å². The SMILES string of the molecule is Cc1ccc([C@H](C)NCc2ccn(C)c2)cc1. The van der Waals surface area contributed by atoms with Crippen LogP contribution in [0.1, 0.15) is 29.7 Å². The minimum absolute atomic E-state index is 0.385. The number of rotatable bonds is 4. The van der Waals surface area contributed by atoms with Gasteiger partial charge in [0.2, 0.25) is 0 Å². The normalized spacial score (nSPS) is 12.6. The summed E-state index contributed by atoms with van der Waals surface area (Å²) >= 11 is 0. The molecule has 2 aromatic rings. The predicted molar refractivity (Wildman–Crippen MR) is 71.8 cm³/mol. The Bertz CT molecular complexity index is 468. The Hall–Kier alpha value is -1.54. The molecule has 2 rings (SSSR count). The van der Waals surface area contributed by atoms with Crippen molar-refractivity contribution in [2.45, 2.75) is 26.4 Å². The Morgan fingerprint density at radius 1 is 1.18 bits per heavy atom. The van der Waals surface area contributed by atoms with Crippen LogP contribution in [0.3, 0.4) is 0 Å². The fourth-order valence-electron chi connectivity index (χ4n) is 1.91. The number of hydrogen-bond donors (Lipinski definition) is 1. The van der Waals surface area contributed by atoms with Gasteiger partial charge in [0.1, 0.15) is 0 Å². The molecule has 0 fully saturated rings. The van der Waals surface area contributed by atoms with Gasteiger partial charge in [0.05, 0.1) is 0 Å². The fraction of sp³-hybridized carbons (Fsp3) is 0.333. The van der Waals surface area contributed by atoms with Gasteiger partial charge in [-0.3, -0.25) is 0 Å². The summed E-state index contributed by atoms with van der Waals surface area (Å²) in [5, 5.41) is 3.53. The zero-order chi connectivity index (χ0) is 12.3. The van der Waals surface area contributed by atoms with Gasteiger partial charge in [0, 0.05) is 32.0 Å². The molecule has 0 saturated carbocycles. The second kappa shape index (κ2) is 5.19. The molecule has 1 heterocycles. The molecule has 90 valence electrons. The van der Waals surface area contributed by atoms with Crippen molar-refractivity contribution in [2.75, 3.05) is 0 Å². The first kappa shape index (κ1) is 11.9. The third-order valence-electron chi connectivity index (χ3n) is 3.08. The van der Waals surface area contributed by atoms with Gasteiger partial charge in [-0.2, -0.15) is 0 Å². The van der Waals surface area contributed by atoms with E-state index in [2.05, 4.69) is 66.5 Å².